The lowest BCUT2D eigenvalue weighted by Gasteiger charge is -2.13. The number of nitrogens with zero attached hydrogens (tertiary/aromatic N) is 1. The second-order valence-corrected chi connectivity index (χ2v) is 7.13. The number of hydrogen-bond acceptors (Lipinski definition) is 4. The van der Waals surface area contributed by atoms with Gasteiger partial charge in [0.25, 0.3) is 0 Å². The van der Waals surface area contributed by atoms with Crippen molar-refractivity contribution in [2.24, 2.45) is 0 Å². The summed E-state index contributed by atoms with van der Waals surface area (Å²) in [4.78, 5) is 0. The molecule has 1 atom stereocenters. The van der Waals surface area contributed by atoms with E-state index >= 15 is 0 Å². The number of halogens is 1. The van der Waals surface area contributed by atoms with Gasteiger partial charge in [-0.15, -0.1) is 0 Å². The first-order valence-electron chi connectivity index (χ1n) is 5.78. The Morgan fingerprint density at radius 1 is 1.37 bits per heavy atom. The van der Waals surface area contributed by atoms with Gasteiger partial charge < -0.3 is 4.52 Å². The van der Waals surface area contributed by atoms with Crippen LogP contribution in [0.25, 0.3) is 0 Å². The number of sulfone groups is 1. The van der Waals surface area contributed by atoms with Gasteiger partial charge in [-0.3, -0.25) is 0 Å². The zero-order valence-corrected chi connectivity index (χ0v) is 12.2. The highest BCUT2D eigenvalue weighted by atomic mass is 35.5. The normalized spacial score (nSPS) is 13.4. The first kappa shape index (κ1) is 14.1. The molecule has 0 aliphatic carbocycles. The maximum absolute atomic E-state index is 12.3. The average molecular weight is 300 g/mol. The van der Waals surface area contributed by atoms with Crippen molar-refractivity contribution in [3.05, 3.63) is 52.4 Å². The molecule has 102 valence electrons. The van der Waals surface area contributed by atoms with Crippen LogP contribution in [0.15, 0.2) is 34.9 Å². The summed E-state index contributed by atoms with van der Waals surface area (Å²) in [6.45, 7) is 3.35. The molecular weight excluding hydrogens is 286 g/mol. The van der Waals surface area contributed by atoms with Gasteiger partial charge in [0.2, 0.25) is 0 Å². The molecular formula is C13H14ClNO3S. The summed E-state index contributed by atoms with van der Waals surface area (Å²) in [5.41, 5.74) is 1.01. The Labute approximate surface area is 117 Å². The molecule has 0 amide bonds. The minimum atomic E-state index is -3.38. The van der Waals surface area contributed by atoms with Crippen molar-refractivity contribution >= 4 is 21.4 Å². The fraction of sp³-hybridized carbons (Fsp3) is 0.308. The van der Waals surface area contributed by atoms with E-state index in [0.717, 1.165) is 0 Å². The second-order valence-electron chi connectivity index (χ2n) is 4.40. The molecule has 0 fully saturated rings. The molecule has 0 aliphatic heterocycles. The third-order valence-corrected chi connectivity index (χ3v) is 5.28. The highest BCUT2D eigenvalue weighted by Crippen LogP contribution is 2.30. The molecule has 0 saturated heterocycles. The Balaban J connectivity index is 2.27. The molecule has 19 heavy (non-hydrogen) atoms. The number of benzene rings is 1. The highest BCUT2D eigenvalue weighted by Gasteiger charge is 2.25. The zero-order valence-electron chi connectivity index (χ0n) is 10.6. The Morgan fingerprint density at radius 3 is 2.63 bits per heavy atom. The second kappa shape index (κ2) is 5.35. The van der Waals surface area contributed by atoms with E-state index in [2.05, 4.69) is 5.16 Å². The van der Waals surface area contributed by atoms with E-state index in [-0.39, 0.29) is 5.75 Å². The van der Waals surface area contributed by atoms with Gasteiger partial charge in [-0.05, 0) is 25.5 Å². The molecule has 2 rings (SSSR count). The van der Waals surface area contributed by atoms with E-state index in [9.17, 15) is 8.42 Å². The van der Waals surface area contributed by atoms with Gasteiger partial charge in [0.15, 0.2) is 9.84 Å². The smallest absolute Gasteiger partial charge is 0.162 e. The van der Waals surface area contributed by atoms with Crippen LogP contribution < -0.4 is 0 Å². The van der Waals surface area contributed by atoms with Gasteiger partial charge in [0.05, 0.1) is 16.7 Å². The largest absolute Gasteiger partial charge is 0.361 e. The van der Waals surface area contributed by atoms with Crippen molar-refractivity contribution in [3.63, 3.8) is 0 Å². The van der Waals surface area contributed by atoms with Crippen LogP contribution >= 0.6 is 11.6 Å². The van der Waals surface area contributed by atoms with Gasteiger partial charge in [-0.25, -0.2) is 8.42 Å². The zero-order chi connectivity index (χ0) is 14.0. The van der Waals surface area contributed by atoms with Crippen molar-refractivity contribution < 1.29 is 12.9 Å². The van der Waals surface area contributed by atoms with E-state index in [0.29, 0.717) is 22.0 Å². The van der Waals surface area contributed by atoms with Crippen LogP contribution in [0.4, 0.5) is 0 Å². The molecule has 2 aromatic rings. The minimum Gasteiger partial charge on any atom is -0.361 e. The molecule has 0 radical (unpaired) electrons. The third kappa shape index (κ3) is 3.16. The molecule has 1 aromatic heterocycles. The highest BCUT2D eigenvalue weighted by molar-refractivity contribution is 7.90. The van der Waals surface area contributed by atoms with Crippen molar-refractivity contribution in [1.29, 1.82) is 0 Å². The van der Waals surface area contributed by atoms with Crippen molar-refractivity contribution in [2.45, 2.75) is 24.9 Å². The lowest BCUT2D eigenvalue weighted by molar-refractivity contribution is 0.392. The summed E-state index contributed by atoms with van der Waals surface area (Å²) in [7, 11) is -3.38. The summed E-state index contributed by atoms with van der Waals surface area (Å²) in [6, 6.07) is 8.57. The van der Waals surface area contributed by atoms with E-state index < -0.39 is 15.1 Å². The first-order valence-corrected chi connectivity index (χ1v) is 7.87. The average Bonchev–Trinajstić information content (AvgIpc) is 2.73. The van der Waals surface area contributed by atoms with Crippen LogP contribution in [0.3, 0.4) is 0 Å². The Morgan fingerprint density at radius 2 is 2.05 bits per heavy atom. The Bertz CT molecular complexity index is 679. The maximum Gasteiger partial charge on any atom is 0.162 e. The molecule has 0 unspecified atom stereocenters. The number of rotatable bonds is 4. The van der Waals surface area contributed by atoms with Gasteiger partial charge in [0.1, 0.15) is 5.76 Å². The van der Waals surface area contributed by atoms with Crippen molar-refractivity contribution in [1.82, 2.24) is 5.16 Å². The van der Waals surface area contributed by atoms with Crippen LogP contribution in [0.2, 0.25) is 5.02 Å². The maximum atomic E-state index is 12.3. The number of hydrogen-bond donors (Lipinski definition) is 0. The Kier molecular flexibility index (Phi) is 3.96. The number of aryl methyl sites for hydroxylation is 1. The summed E-state index contributed by atoms with van der Waals surface area (Å²) in [5, 5.41) is 3.48. The summed E-state index contributed by atoms with van der Waals surface area (Å²) >= 11 is 6.03. The fourth-order valence-electron chi connectivity index (χ4n) is 1.82. The van der Waals surface area contributed by atoms with Gasteiger partial charge in [0, 0.05) is 11.1 Å². The summed E-state index contributed by atoms with van der Waals surface area (Å²) < 4.78 is 29.5. The van der Waals surface area contributed by atoms with E-state index in [1.165, 1.54) is 0 Å². The molecule has 0 aliphatic rings. The third-order valence-electron chi connectivity index (χ3n) is 2.91. The molecule has 0 spiro atoms. The first-order chi connectivity index (χ1) is 8.90. The van der Waals surface area contributed by atoms with Gasteiger partial charge in [-0.2, -0.15) is 0 Å². The quantitative estimate of drug-likeness (QED) is 0.869. The van der Waals surface area contributed by atoms with E-state index in [4.69, 9.17) is 16.1 Å². The van der Waals surface area contributed by atoms with E-state index in [1.54, 1.807) is 44.2 Å². The van der Waals surface area contributed by atoms with Crippen molar-refractivity contribution in [3.8, 4) is 0 Å². The van der Waals surface area contributed by atoms with Crippen LogP contribution in [-0.4, -0.2) is 13.6 Å². The summed E-state index contributed by atoms with van der Waals surface area (Å²) in [6.07, 6.45) is 0. The van der Waals surface area contributed by atoms with E-state index in [1.807, 2.05) is 0 Å². The fourth-order valence-corrected chi connectivity index (χ4v) is 3.57. The van der Waals surface area contributed by atoms with Gasteiger partial charge >= 0.3 is 0 Å². The molecule has 1 heterocycles. The van der Waals surface area contributed by atoms with Crippen LogP contribution in [0.5, 0.6) is 0 Å². The van der Waals surface area contributed by atoms with Crippen LogP contribution in [0.1, 0.15) is 29.2 Å². The number of aromatic nitrogens is 1. The summed E-state index contributed by atoms with van der Waals surface area (Å²) in [5.74, 6) is 0.437. The van der Waals surface area contributed by atoms with Crippen molar-refractivity contribution in [2.75, 3.05) is 0 Å². The predicted molar refractivity (Wildman–Crippen MR) is 73.7 cm³/mol. The molecule has 0 saturated carbocycles. The molecule has 0 N–H and O–H groups in total. The monoisotopic (exact) mass is 299 g/mol. The molecule has 1 aromatic carbocycles. The van der Waals surface area contributed by atoms with Crippen LogP contribution in [0, 0.1) is 6.92 Å². The predicted octanol–water partition coefficient (Wildman–Crippen LogP) is 3.31. The van der Waals surface area contributed by atoms with Gasteiger partial charge in [-0.1, -0.05) is 35.0 Å². The standard InChI is InChI=1S/C13H14ClNO3S/c1-9-7-11(15-18-9)8-19(16,17)10(2)12-5-3-4-6-13(12)14/h3-7,10H,8H2,1-2H3/t10-/m0/s1. The molecule has 0 bridgehead atoms. The lowest BCUT2D eigenvalue weighted by atomic mass is 10.2. The SMILES string of the molecule is Cc1cc(CS(=O)(=O)[C@@H](C)c2ccccc2Cl)no1. The molecule has 4 nitrogen and oxygen atoms in total. The minimum absolute atomic E-state index is 0.156. The van der Waals surface area contributed by atoms with Crippen LogP contribution in [-0.2, 0) is 15.6 Å². The topological polar surface area (TPSA) is 60.2 Å². The lowest BCUT2D eigenvalue weighted by Crippen LogP contribution is -2.13. The Hall–Kier alpha value is -1.33. The molecule has 6 heteroatoms.